The second-order valence-corrected chi connectivity index (χ2v) is 67.2. The fourth-order valence-electron chi connectivity index (χ4n) is 4.51. The van der Waals surface area contributed by atoms with Crippen molar-refractivity contribution in [2.75, 3.05) is 0 Å². The predicted octanol–water partition coefficient (Wildman–Crippen LogP) is 4.35. The van der Waals surface area contributed by atoms with Crippen molar-refractivity contribution in [2.24, 2.45) is 0 Å². The molecule has 0 nitrogen and oxygen atoms in total. The molecule has 0 aromatic heterocycles. The fraction of sp³-hybridized carbons (Fsp3) is 0.600. The number of hydrogen-bond acceptors (Lipinski definition) is 0. The molecular formula is C15H31FSi4Te. The zero-order chi connectivity index (χ0) is 16.7. The average Bonchev–Trinajstić information content (AvgIpc) is 2.22. The van der Waals surface area contributed by atoms with Gasteiger partial charge in [0.2, 0.25) is 0 Å². The van der Waals surface area contributed by atoms with E-state index < -0.39 is 26.9 Å². The summed E-state index contributed by atoms with van der Waals surface area (Å²) in [5, 5.41) is 0. The van der Waals surface area contributed by atoms with E-state index in [-0.39, 0.29) is 26.0 Å². The molecule has 0 bridgehead atoms. The van der Waals surface area contributed by atoms with Gasteiger partial charge in [-0.15, -0.1) is 0 Å². The van der Waals surface area contributed by atoms with Crippen molar-refractivity contribution < 1.29 is 4.39 Å². The maximum atomic E-state index is 13.3. The Morgan fingerprint density at radius 3 is 1.29 bits per heavy atom. The third-order valence-corrected chi connectivity index (χ3v) is 129. The summed E-state index contributed by atoms with van der Waals surface area (Å²) >= 11 is -0.175. The summed E-state index contributed by atoms with van der Waals surface area (Å²) in [6, 6.07) is 7.55. The summed E-state index contributed by atoms with van der Waals surface area (Å²) in [4.78, 5) is 0. The summed E-state index contributed by atoms with van der Waals surface area (Å²) in [6.07, 6.45) is 0. The molecule has 120 valence electrons. The van der Waals surface area contributed by atoms with E-state index in [4.69, 9.17) is 0 Å². The maximum absolute atomic E-state index is 13.3. The van der Waals surface area contributed by atoms with Crippen LogP contribution in [0, 0.1) is 5.82 Å². The third-order valence-electron chi connectivity index (χ3n) is 4.25. The van der Waals surface area contributed by atoms with Gasteiger partial charge in [-0.1, -0.05) is 0 Å². The molecule has 0 atom stereocenters. The molecule has 1 aromatic carbocycles. The van der Waals surface area contributed by atoms with Gasteiger partial charge in [-0.05, 0) is 0 Å². The molecule has 0 radical (unpaired) electrons. The van der Waals surface area contributed by atoms with Crippen LogP contribution < -0.4 is 3.61 Å². The van der Waals surface area contributed by atoms with Crippen LogP contribution in [0.1, 0.15) is 0 Å². The van der Waals surface area contributed by atoms with E-state index in [1.165, 1.54) is 3.61 Å². The Kier molecular flexibility index (Phi) is 6.02. The van der Waals surface area contributed by atoms with Gasteiger partial charge in [0.25, 0.3) is 0 Å². The molecule has 6 heteroatoms. The first-order valence-corrected chi connectivity index (χ1v) is 27.7. The monoisotopic (exact) mass is 472 g/mol. The average molecular weight is 470 g/mol. The molecule has 1 aromatic rings. The van der Waals surface area contributed by atoms with Gasteiger partial charge < -0.3 is 0 Å². The Labute approximate surface area is 143 Å². The van der Waals surface area contributed by atoms with Gasteiger partial charge in [0.05, 0.1) is 0 Å². The first-order valence-electron chi connectivity index (χ1n) is 7.67. The van der Waals surface area contributed by atoms with Gasteiger partial charge in [-0.25, -0.2) is 0 Å². The molecule has 0 aliphatic heterocycles. The van der Waals surface area contributed by atoms with Gasteiger partial charge >= 0.3 is 144 Å². The Hall–Kier alpha value is 0.807. The van der Waals surface area contributed by atoms with E-state index in [2.05, 4.69) is 71.1 Å². The van der Waals surface area contributed by atoms with Gasteiger partial charge in [0.15, 0.2) is 0 Å². The van der Waals surface area contributed by atoms with Crippen molar-refractivity contribution in [3.63, 3.8) is 0 Å². The second kappa shape index (κ2) is 6.37. The number of rotatable bonds is 5. The van der Waals surface area contributed by atoms with E-state index in [0.29, 0.717) is 0 Å². The van der Waals surface area contributed by atoms with Crippen molar-refractivity contribution in [2.45, 2.75) is 58.9 Å². The zero-order valence-corrected chi connectivity index (χ0v) is 21.4. The standard InChI is InChI=1S/C15H31FSi4Te/c1-17(2,3)20(18(4,5)6,19(7,8)9)21-15-12-10-14(16)11-13-15/h10-13H,1-9H3. The molecule has 0 fully saturated rings. The predicted molar refractivity (Wildman–Crippen MR) is 108 cm³/mol. The van der Waals surface area contributed by atoms with Crippen LogP contribution in [0.4, 0.5) is 4.39 Å². The molecule has 0 spiro atoms. The van der Waals surface area contributed by atoms with E-state index >= 15 is 0 Å². The van der Waals surface area contributed by atoms with Crippen LogP contribution in [0.15, 0.2) is 24.3 Å². The third kappa shape index (κ3) is 4.02. The second-order valence-electron chi connectivity index (χ2n) is 8.99. The van der Waals surface area contributed by atoms with E-state index in [0.717, 1.165) is 0 Å². The number of halogens is 1. The van der Waals surface area contributed by atoms with Crippen LogP contribution in [0.3, 0.4) is 0 Å². The molecule has 0 N–H and O–H groups in total. The zero-order valence-electron chi connectivity index (χ0n) is 15.1. The Bertz CT molecular complexity index is 444. The van der Waals surface area contributed by atoms with Crippen molar-refractivity contribution in [1.82, 2.24) is 0 Å². The molecule has 0 heterocycles. The summed E-state index contributed by atoms with van der Waals surface area (Å²) in [5.74, 6) is -0.0903. The quantitative estimate of drug-likeness (QED) is 0.562. The molecular weight excluding hydrogens is 439 g/mol. The van der Waals surface area contributed by atoms with E-state index in [1.807, 2.05) is 0 Å². The Morgan fingerprint density at radius 2 is 1.00 bits per heavy atom. The van der Waals surface area contributed by atoms with Crippen molar-refractivity contribution in [3.05, 3.63) is 30.1 Å². The minimum absolute atomic E-state index is 0.0903. The summed E-state index contributed by atoms with van der Waals surface area (Å²) in [7, 11) is -3.53. The topological polar surface area (TPSA) is 0 Å². The fourth-order valence-corrected chi connectivity index (χ4v) is 132. The Balaban J connectivity index is 3.47. The first-order chi connectivity index (χ1) is 9.22. The van der Waals surface area contributed by atoms with Crippen LogP contribution in [-0.4, -0.2) is 47.1 Å². The van der Waals surface area contributed by atoms with Gasteiger partial charge in [0.1, 0.15) is 0 Å². The molecule has 0 aliphatic rings. The van der Waals surface area contributed by atoms with E-state index in [1.54, 1.807) is 12.1 Å². The van der Waals surface area contributed by atoms with Crippen LogP contribution in [-0.2, 0) is 0 Å². The van der Waals surface area contributed by atoms with Crippen LogP contribution in [0.2, 0.25) is 58.9 Å². The molecule has 0 saturated heterocycles. The van der Waals surface area contributed by atoms with Crippen LogP contribution >= 0.6 is 0 Å². The first kappa shape index (κ1) is 19.9. The van der Waals surface area contributed by atoms with Crippen molar-refractivity contribution in [3.8, 4) is 0 Å². The molecule has 1 rings (SSSR count). The summed E-state index contributed by atoms with van der Waals surface area (Å²) < 4.78 is 13.6. The van der Waals surface area contributed by atoms with Crippen molar-refractivity contribution >= 4 is 50.7 Å². The minimum atomic E-state index is -1.23. The van der Waals surface area contributed by atoms with E-state index in [9.17, 15) is 4.39 Å². The number of benzene rings is 1. The number of hydrogen-bond donors (Lipinski definition) is 0. The van der Waals surface area contributed by atoms with Gasteiger partial charge in [-0.3, -0.25) is 0 Å². The van der Waals surface area contributed by atoms with Gasteiger partial charge in [0, 0.05) is 0 Å². The molecule has 0 amide bonds. The SMILES string of the molecule is C[Si](C)(C)[Si]([Te]c1ccc(F)cc1)([Si](C)(C)C)[Si](C)(C)C. The Morgan fingerprint density at radius 1 is 0.667 bits per heavy atom. The molecule has 0 saturated carbocycles. The molecule has 0 aliphatic carbocycles. The summed E-state index contributed by atoms with van der Waals surface area (Å²) in [6.45, 7) is 23.8. The molecule has 21 heavy (non-hydrogen) atoms. The molecule has 0 unspecified atom stereocenters. The normalized spacial score (nSPS) is 14.4. The van der Waals surface area contributed by atoms with Crippen LogP contribution in [0.25, 0.3) is 0 Å². The van der Waals surface area contributed by atoms with Gasteiger partial charge in [-0.2, -0.15) is 0 Å². The van der Waals surface area contributed by atoms with Crippen molar-refractivity contribution in [1.29, 1.82) is 0 Å². The summed E-state index contributed by atoms with van der Waals surface area (Å²) in [5.41, 5.74) is 0. The van der Waals surface area contributed by atoms with Crippen LogP contribution in [0.5, 0.6) is 0 Å².